The van der Waals surface area contributed by atoms with Gasteiger partial charge in [0, 0.05) is 23.7 Å². The Morgan fingerprint density at radius 1 is 1.58 bits per heavy atom. The van der Waals surface area contributed by atoms with Crippen molar-refractivity contribution in [2.45, 2.75) is 20.3 Å². The highest BCUT2D eigenvalue weighted by atomic mass is 35.5. The van der Waals surface area contributed by atoms with Crippen molar-refractivity contribution in [1.29, 1.82) is 5.41 Å². The minimum atomic E-state index is -0.833. The highest BCUT2D eigenvalue weighted by molar-refractivity contribution is 6.33. The molecule has 1 aromatic rings. The number of hydrogen-bond acceptors (Lipinski definition) is 3. The minimum Gasteiger partial charge on any atom is -0.481 e. The van der Waals surface area contributed by atoms with Gasteiger partial charge < -0.3 is 10.8 Å². The number of benzene rings is 1. The number of halogens is 1. The Morgan fingerprint density at radius 3 is 2.63 bits per heavy atom. The van der Waals surface area contributed by atoms with Gasteiger partial charge in [0.05, 0.1) is 6.54 Å². The van der Waals surface area contributed by atoms with E-state index < -0.39 is 5.97 Å². The number of aliphatic imine (C=N–C) groups is 1. The van der Waals surface area contributed by atoms with Crippen LogP contribution in [0.4, 0.5) is 0 Å². The second-order valence-corrected chi connectivity index (χ2v) is 4.09. The van der Waals surface area contributed by atoms with E-state index in [2.05, 4.69) is 11.9 Å². The van der Waals surface area contributed by atoms with Crippen LogP contribution in [0, 0.1) is 5.41 Å². The molecule has 0 heterocycles. The summed E-state index contributed by atoms with van der Waals surface area (Å²) in [6.45, 7) is 3.36. The van der Waals surface area contributed by atoms with Crippen LogP contribution in [-0.4, -0.2) is 29.7 Å². The van der Waals surface area contributed by atoms with Gasteiger partial charge in [0.25, 0.3) is 5.97 Å². The monoisotopic (exact) mass is 283 g/mol. The van der Waals surface area contributed by atoms with Crippen LogP contribution in [0.15, 0.2) is 23.2 Å². The Hall–Kier alpha value is -1.88. The summed E-state index contributed by atoms with van der Waals surface area (Å²) in [5.41, 5.74) is 7.27. The number of hydrogen-bond donors (Lipinski definition) is 3. The number of aliphatic carboxylic acids is 1. The van der Waals surface area contributed by atoms with Crippen LogP contribution in [0.25, 0.3) is 0 Å². The molecule has 0 saturated carbocycles. The average Bonchev–Trinajstić information content (AvgIpc) is 2.30. The van der Waals surface area contributed by atoms with E-state index in [1.165, 1.54) is 0 Å². The van der Waals surface area contributed by atoms with Gasteiger partial charge in [-0.2, -0.15) is 0 Å². The van der Waals surface area contributed by atoms with Gasteiger partial charge in [0.2, 0.25) is 0 Å². The molecule has 0 aliphatic carbocycles. The lowest BCUT2D eigenvalue weighted by Crippen LogP contribution is -2.13. The van der Waals surface area contributed by atoms with Crippen molar-refractivity contribution in [2.24, 2.45) is 10.7 Å². The summed E-state index contributed by atoms with van der Waals surface area (Å²) in [4.78, 5) is 13.1. The number of nitrogens with zero attached hydrogens (tertiary/aromatic N) is 1. The van der Waals surface area contributed by atoms with Crippen LogP contribution in [0.2, 0.25) is 5.02 Å². The maximum absolute atomic E-state index is 9.00. The maximum Gasteiger partial charge on any atom is 0.300 e. The van der Waals surface area contributed by atoms with E-state index in [0.29, 0.717) is 5.02 Å². The molecule has 0 aliphatic rings. The quantitative estimate of drug-likeness (QED) is 0.584. The highest BCUT2D eigenvalue weighted by Crippen LogP contribution is 2.18. The molecule has 0 atom stereocenters. The van der Waals surface area contributed by atoms with E-state index >= 15 is 0 Å². The van der Waals surface area contributed by atoms with Gasteiger partial charge in [-0.25, -0.2) is 0 Å². The van der Waals surface area contributed by atoms with E-state index in [1.54, 1.807) is 6.21 Å². The zero-order chi connectivity index (χ0) is 14.8. The van der Waals surface area contributed by atoms with E-state index in [1.807, 2.05) is 18.2 Å². The zero-order valence-electron chi connectivity index (χ0n) is 11.0. The van der Waals surface area contributed by atoms with Crippen LogP contribution in [0.3, 0.4) is 0 Å². The molecule has 1 aromatic carbocycles. The van der Waals surface area contributed by atoms with Gasteiger partial charge in [-0.05, 0) is 18.1 Å². The second-order valence-electron chi connectivity index (χ2n) is 3.68. The molecule has 0 fully saturated rings. The number of rotatable bonds is 4. The maximum atomic E-state index is 9.00. The van der Waals surface area contributed by atoms with Crippen LogP contribution in [0.1, 0.15) is 25.0 Å². The first-order valence-electron chi connectivity index (χ1n) is 5.68. The number of carbonyl (C=O) groups is 1. The Labute approximate surface area is 117 Å². The lowest BCUT2D eigenvalue weighted by molar-refractivity contribution is -0.134. The van der Waals surface area contributed by atoms with E-state index in [-0.39, 0.29) is 12.4 Å². The van der Waals surface area contributed by atoms with Gasteiger partial charge in [-0.1, -0.05) is 30.7 Å². The number of amidine groups is 1. The van der Waals surface area contributed by atoms with Crippen molar-refractivity contribution in [3.05, 3.63) is 34.3 Å². The minimum absolute atomic E-state index is 0.0522. The SMILES string of the molecule is CC(=O)O.CCc1cccc(Cl)c1C=NCC(=N)N. The average molecular weight is 284 g/mol. The molecule has 4 N–H and O–H groups in total. The Balaban J connectivity index is 0.000000711. The predicted molar refractivity (Wildman–Crippen MR) is 78.5 cm³/mol. The number of carboxylic acids is 1. The molecule has 0 amide bonds. The van der Waals surface area contributed by atoms with Crippen LogP contribution < -0.4 is 5.73 Å². The van der Waals surface area contributed by atoms with Gasteiger partial charge in [0.15, 0.2) is 0 Å². The third-order valence-corrected chi connectivity index (χ3v) is 2.34. The zero-order valence-corrected chi connectivity index (χ0v) is 11.7. The number of aryl methyl sites for hydroxylation is 1. The Kier molecular flexibility index (Phi) is 8.20. The summed E-state index contributed by atoms with van der Waals surface area (Å²) >= 11 is 6.05. The van der Waals surface area contributed by atoms with Gasteiger partial charge in [-0.3, -0.25) is 15.2 Å². The molecule has 0 radical (unpaired) electrons. The summed E-state index contributed by atoms with van der Waals surface area (Å²) in [6, 6.07) is 5.76. The van der Waals surface area contributed by atoms with Crippen molar-refractivity contribution < 1.29 is 9.90 Å². The standard InChI is InChI=1S/C11H14ClN3.C2H4O2/c1-2-8-4-3-5-10(12)9(8)6-15-7-11(13)14;1-2(3)4/h3-6H,2,7H2,1H3,(H3,13,14);1H3,(H,3,4). The Bertz CT molecular complexity index is 469. The summed E-state index contributed by atoms with van der Waals surface area (Å²) in [5, 5.41) is 15.1. The second kappa shape index (κ2) is 9.10. The lowest BCUT2D eigenvalue weighted by Gasteiger charge is -2.04. The number of nitrogens with two attached hydrogens (primary N) is 1. The van der Waals surface area contributed by atoms with Gasteiger partial charge >= 0.3 is 0 Å². The van der Waals surface area contributed by atoms with E-state index in [0.717, 1.165) is 24.5 Å². The fourth-order valence-electron chi connectivity index (χ4n) is 1.27. The molecular weight excluding hydrogens is 266 g/mol. The fraction of sp³-hybridized carbons (Fsp3) is 0.308. The first-order valence-corrected chi connectivity index (χ1v) is 6.05. The van der Waals surface area contributed by atoms with Crippen LogP contribution in [0.5, 0.6) is 0 Å². The fourth-order valence-corrected chi connectivity index (χ4v) is 1.51. The molecule has 0 aliphatic heterocycles. The van der Waals surface area contributed by atoms with Crippen LogP contribution >= 0.6 is 11.6 Å². The summed E-state index contributed by atoms with van der Waals surface area (Å²) in [5.74, 6) is -0.781. The van der Waals surface area contributed by atoms with Crippen molar-refractivity contribution in [2.75, 3.05) is 6.54 Å². The van der Waals surface area contributed by atoms with Crippen molar-refractivity contribution in [1.82, 2.24) is 0 Å². The number of nitrogens with one attached hydrogen (secondary N) is 1. The molecule has 0 aromatic heterocycles. The van der Waals surface area contributed by atoms with E-state index in [4.69, 9.17) is 32.6 Å². The third kappa shape index (κ3) is 7.94. The molecule has 1 rings (SSSR count). The van der Waals surface area contributed by atoms with Crippen molar-refractivity contribution in [3.63, 3.8) is 0 Å². The van der Waals surface area contributed by atoms with Gasteiger partial charge in [-0.15, -0.1) is 0 Å². The molecule has 19 heavy (non-hydrogen) atoms. The molecule has 0 bridgehead atoms. The molecule has 0 saturated heterocycles. The van der Waals surface area contributed by atoms with Crippen molar-refractivity contribution in [3.8, 4) is 0 Å². The molecule has 0 spiro atoms. The topological polar surface area (TPSA) is 99.5 Å². The predicted octanol–water partition coefficient (Wildman–Crippen LogP) is 2.35. The molecule has 5 nitrogen and oxygen atoms in total. The first kappa shape index (κ1) is 17.1. The molecule has 0 unspecified atom stereocenters. The lowest BCUT2D eigenvalue weighted by atomic mass is 10.1. The highest BCUT2D eigenvalue weighted by Gasteiger charge is 2.02. The Morgan fingerprint density at radius 2 is 2.16 bits per heavy atom. The molecule has 6 heteroatoms. The van der Waals surface area contributed by atoms with Crippen LogP contribution in [-0.2, 0) is 11.2 Å². The summed E-state index contributed by atoms with van der Waals surface area (Å²) in [6.07, 6.45) is 2.59. The smallest absolute Gasteiger partial charge is 0.300 e. The molecular formula is C13H18ClN3O2. The van der Waals surface area contributed by atoms with Gasteiger partial charge in [0.1, 0.15) is 5.84 Å². The summed E-state index contributed by atoms with van der Waals surface area (Å²) in [7, 11) is 0. The summed E-state index contributed by atoms with van der Waals surface area (Å²) < 4.78 is 0. The normalized spacial score (nSPS) is 9.84. The molecule has 104 valence electrons. The third-order valence-electron chi connectivity index (χ3n) is 2.01. The first-order chi connectivity index (χ1) is 8.88. The number of carboxylic acid groups (broad SMARTS) is 1. The van der Waals surface area contributed by atoms with E-state index in [9.17, 15) is 0 Å². The van der Waals surface area contributed by atoms with Crippen molar-refractivity contribution >= 4 is 29.6 Å². The largest absolute Gasteiger partial charge is 0.481 e.